The molecule has 0 amide bonds. The maximum absolute atomic E-state index is 12.4. The zero-order valence-electron chi connectivity index (χ0n) is 9.75. The molecular weight excluding hydrogens is 283 g/mol. The van der Waals surface area contributed by atoms with Gasteiger partial charge in [-0.05, 0) is 18.2 Å². The van der Waals surface area contributed by atoms with Gasteiger partial charge in [-0.3, -0.25) is 0 Å². The zero-order valence-corrected chi connectivity index (χ0v) is 10.5. The molecule has 0 saturated heterocycles. The van der Waals surface area contributed by atoms with Crippen LogP contribution in [-0.4, -0.2) is 10.2 Å². The SMILES string of the molecule is Cc1nnc(CNc2ccc(C(F)(F)F)cc2Cl)o1. The summed E-state index contributed by atoms with van der Waals surface area (Å²) >= 11 is 5.78. The Bertz CT molecular complexity index is 583. The predicted molar refractivity (Wildman–Crippen MR) is 62.8 cm³/mol. The van der Waals surface area contributed by atoms with Gasteiger partial charge < -0.3 is 9.73 Å². The van der Waals surface area contributed by atoms with E-state index in [0.717, 1.165) is 12.1 Å². The Balaban J connectivity index is 2.09. The molecule has 0 atom stereocenters. The van der Waals surface area contributed by atoms with Gasteiger partial charge in [-0.15, -0.1) is 10.2 Å². The summed E-state index contributed by atoms with van der Waals surface area (Å²) in [4.78, 5) is 0. The summed E-state index contributed by atoms with van der Waals surface area (Å²) in [5.74, 6) is 0.740. The van der Waals surface area contributed by atoms with E-state index in [1.807, 2.05) is 0 Å². The van der Waals surface area contributed by atoms with Crippen molar-refractivity contribution in [1.82, 2.24) is 10.2 Å². The number of nitrogens with zero attached hydrogens (tertiary/aromatic N) is 2. The molecule has 0 unspecified atom stereocenters. The van der Waals surface area contributed by atoms with Crippen LogP contribution in [0.4, 0.5) is 18.9 Å². The fourth-order valence-corrected chi connectivity index (χ4v) is 1.66. The van der Waals surface area contributed by atoms with Gasteiger partial charge in [0.15, 0.2) is 0 Å². The number of hydrogen-bond acceptors (Lipinski definition) is 4. The second kappa shape index (κ2) is 5.08. The van der Waals surface area contributed by atoms with Crippen molar-refractivity contribution in [2.24, 2.45) is 0 Å². The molecule has 0 radical (unpaired) electrons. The standard InChI is InChI=1S/C11H9ClF3N3O/c1-6-17-18-10(19-6)5-16-9-3-2-7(4-8(9)12)11(13,14)15/h2-4,16H,5H2,1H3. The van der Waals surface area contributed by atoms with Crippen molar-refractivity contribution in [3.05, 3.63) is 40.6 Å². The third-order valence-electron chi connectivity index (χ3n) is 2.29. The summed E-state index contributed by atoms with van der Waals surface area (Å²) in [6, 6.07) is 3.07. The summed E-state index contributed by atoms with van der Waals surface area (Å²) in [6.07, 6.45) is -4.41. The minimum Gasteiger partial charge on any atom is -0.424 e. The molecule has 0 aliphatic heterocycles. The average molecular weight is 292 g/mol. The molecular formula is C11H9ClF3N3O. The Kier molecular flexibility index (Phi) is 3.66. The number of benzene rings is 1. The molecule has 4 nitrogen and oxygen atoms in total. The Hall–Kier alpha value is -1.76. The molecule has 0 aliphatic carbocycles. The van der Waals surface area contributed by atoms with E-state index in [-0.39, 0.29) is 11.6 Å². The molecule has 19 heavy (non-hydrogen) atoms. The van der Waals surface area contributed by atoms with Crippen LogP contribution < -0.4 is 5.32 Å². The lowest BCUT2D eigenvalue weighted by Crippen LogP contribution is -2.06. The van der Waals surface area contributed by atoms with Gasteiger partial charge >= 0.3 is 6.18 Å². The molecule has 1 aromatic heterocycles. The quantitative estimate of drug-likeness (QED) is 0.937. The third kappa shape index (κ3) is 3.37. The number of alkyl halides is 3. The average Bonchev–Trinajstić information content (AvgIpc) is 2.72. The maximum atomic E-state index is 12.4. The van der Waals surface area contributed by atoms with Crippen molar-refractivity contribution < 1.29 is 17.6 Å². The fourth-order valence-electron chi connectivity index (χ4n) is 1.41. The van der Waals surface area contributed by atoms with Crippen molar-refractivity contribution in [1.29, 1.82) is 0 Å². The van der Waals surface area contributed by atoms with Crippen LogP contribution in [0, 0.1) is 6.92 Å². The zero-order chi connectivity index (χ0) is 14.0. The lowest BCUT2D eigenvalue weighted by atomic mass is 10.2. The lowest BCUT2D eigenvalue weighted by Gasteiger charge is -2.10. The van der Waals surface area contributed by atoms with E-state index >= 15 is 0 Å². The smallest absolute Gasteiger partial charge is 0.416 e. The number of hydrogen-bond donors (Lipinski definition) is 1. The van der Waals surface area contributed by atoms with Gasteiger partial charge in [-0.25, -0.2) is 0 Å². The van der Waals surface area contributed by atoms with Crippen LogP contribution in [-0.2, 0) is 12.7 Å². The molecule has 0 aliphatic rings. The molecule has 0 saturated carbocycles. The van der Waals surface area contributed by atoms with Gasteiger partial charge in [0.1, 0.15) is 0 Å². The Morgan fingerprint density at radius 2 is 2.05 bits per heavy atom. The highest BCUT2D eigenvalue weighted by Gasteiger charge is 2.30. The number of anilines is 1. The Morgan fingerprint density at radius 3 is 2.58 bits per heavy atom. The minimum atomic E-state index is -4.41. The summed E-state index contributed by atoms with van der Waals surface area (Å²) < 4.78 is 42.4. The van der Waals surface area contributed by atoms with Crippen molar-refractivity contribution in [2.45, 2.75) is 19.6 Å². The highest BCUT2D eigenvalue weighted by molar-refractivity contribution is 6.33. The second-order valence-electron chi connectivity index (χ2n) is 3.76. The molecule has 8 heteroatoms. The molecule has 2 aromatic rings. The second-order valence-corrected chi connectivity index (χ2v) is 4.17. The van der Waals surface area contributed by atoms with Crippen LogP contribution in [0.2, 0.25) is 5.02 Å². The summed E-state index contributed by atoms with van der Waals surface area (Å²) in [5, 5.41) is 10.2. The topological polar surface area (TPSA) is 51.0 Å². The molecule has 102 valence electrons. The van der Waals surface area contributed by atoms with Crippen LogP contribution >= 0.6 is 11.6 Å². The first-order valence-corrected chi connectivity index (χ1v) is 5.63. The first-order valence-electron chi connectivity index (χ1n) is 5.26. The van der Waals surface area contributed by atoms with Gasteiger partial charge in [0.2, 0.25) is 11.8 Å². The van der Waals surface area contributed by atoms with E-state index in [1.165, 1.54) is 6.07 Å². The third-order valence-corrected chi connectivity index (χ3v) is 2.61. The van der Waals surface area contributed by atoms with Crippen LogP contribution in [0.3, 0.4) is 0 Å². The van der Waals surface area contributed by atoms with Gasteiger partial charge in [0.05, 0.1) is 22.8 Å². The lowest BCUT2D eigenvalue weighted by molar-refractivity contribution is -0.137. The van der Waals surface area contributed by atoms with E-state index in [2.05, 4.69) is 15.5 Å². The van der Waals surface area contributed by atoms with Crippen LogP contribution in [0.1, 0.15) is 17.3 Å². The molecule has 0 fully saturated rings. The molecule has 1 N–H and O–H groups in total. The molecule has 1 heterocycles. The van der Waals surface area contributed by atoms with Crippen molar-refractivity contribution in [3.8, 4) is 0 Å². The number of halogens is 4. The van der Waals surface area contributed by atoms with Gasteiger partial charge in [-0.2, -0.15) is 13.2 Å². The fraction of sp³-hybridized carbons (Fsp3) is 0.273. The minimum absolute atomic E-state index is 0.0222. The largest absolute Gasteiger partial charge is 0.424 e. The maximum Gasteiger partial charge on any atom is 0.416 e. The van der Waals surface area contributed by atoms with Crippen LogP contribution in [0.15, 0.2) is 22.6 Å². The molecule has 2 rings (SSSR count). The normalized spacial score (nSPS) is 11.6. The van der Waals surface area contributed by atoms with Crippen LogP contribution in [0.5, 0.6) is 0 Å². The van der Waals surface area contributed by atoms with Crippen LogP contribution in [0.25, 0.3) is 0 Å². The molecule has 0 spiro atoms. The van der Waals surface area contributed by atoms with E-state index in [4.69, 9.17) is 16.0 Å². The summed E-state index contributed by atoms with van der Waals surface area (Å²) in [5.41, 5.74) is -0.429. The van der Waals surface area contributed by atoms with E-state index in [1.54, 1.807) is 6.92 Å². The first-order chi connectivity index (χ1) is 8.86. The number of aryl methyl sites for hydroxylation is 1. The monoisotopic (exact) mass is 291 g/mol. The van der Waals surface area contributed by atoms with Gasteiger partial charge in [-0.1, -0.05) is 11.6 Å². The van der Waals surface area contributed by atoms with E-state index in [0.29, 0.717) is 17.5 Å². The van der Waals surface area contributed by atoms with Gasteiger partial charge in [0.25, 0.3) is 0 Å². The van der Waals surface area contributed by atoms with E-state index in [9.17, 15) is 13.2 Å². The van der Waals surface area contributed by atoms with Crippen molar-refractivity contribution in [3.63, 3.8) is 0 Å². The highest BCUT2D eigenvalue weighted by Crippen LogP contribution is 2.33. The number of nitrogens with one attached hydrogen (secondary N) is 1. The number of aromatic nitrogens is 2. The van der Waals surface area contributed by atoms with E-state index < -0.39 is 11.7 Å². The molecule has 1 aromatic carbocycles. The van der Waals surface area contributed by atoms with Gasteiger partial charge in [0, 0.05) is 6.92 Å². The first kappa shape index (κ1) is 13.7. The molecule has 0 bridgehead atoms. The predicted octanol–water partition coefficient (Wildman–Crippen LogP) is 3.66. The Morgan fingerprint density at radius 1 is 1.32 bits per heavy atom. The van der Waals surface area contributed by atoms with Crippen molar-refractivity contribution in [2.75, 3.05) is 5.32 Å². The summed E-state index contributed by atoms with van der Waals surface area (Å²) in [7, 11) is 0. The summed E-state index contributed by atoms with van der Waals surface area (Å²) in [6.45, 7) is 1.83. The number of rotatable bonds is 3. The van der Waals surface area contributed by atoms with Crippen molar-refractivity contribution >= 4 is 17.3 Å². The highest BCUT2D eigenvalue weighted by atomic mass is 35.5. The Labute approximate surface area is 111 Å².